The van der Waals surface area contributed by atoms with Crippen LogP contribution in [0.3, 0.4) is 0 Å². The Bertz CT molecular complexity index is 1020. The molecule has 0 atom stereocenters. The number of carbonyl (C=O) groups is 1. The van der Waals surface area contributed by atoms with Crippen LogP contribution in [-0.2, 0) is 11.2 Å². The van der Waals surface area contributed by atoms with Crippen molar-refractivity contribution in [3.05, 3.63) is 65.4 Å². The number of amides is 1. The number of methoxy groups -OCH3 is 1. The van der Waals surface area contributed by atoms with Crippen molar-refractivity contribution >= 4 is 5.91 Å². The van der Waals surface area contributed by atoms with Gasteiger partial charge in [0.2, 0.25) is 11.8 Å². The van der Waals surface area contributed by atoms with Gasteiger partial charge in [0.1, 0.15) is 11.5 Å². The van der Waals surface area contributed by atoms with Crippen LogP contribution < -0.4 is 9.47 Å². The minimum absolute atomic E-state index is 0.105. The van der Waals surface area contributed by atoms with Crippen LogP contribution in [0.15, 0.2) is 48.5 Å². The molecule has 0 unspecified atom stereocenters. The van der Waals surface area contributed by atoms with E-state index in [1.807, 2.05) is 83.3 Å². The molecule has 6 heteroatoms. The van der Waals surface area contributed by atoms with Gasteiger partial charge < -0.3 is 14.4 Å². The summed E-state index contributed by atoms with van der Waals surface area (Å²) in [6.45, 7) is 8.01. The van der Waals surface area contributed by atoms with Crippen LogP contribution in [0.5, 0.6) is 17.4 Å². The van der Waals surface area contributed by atoms with E-state index in [0.717, 1.165) is 34.0 Å². The van der Waals surface area contributed by atoms with Crippen molar-refractivity contribution < 1.29 is 14.3 Å². The van der Waals surface area contributed by atoms with E-state index in [0.29, 0.717) is 18.7 Å². The number of aryl methyl sites for hydroxylation is 2. The lowest BCUT2D eigenvalue weighted by molar-refractivity contribution is -0.131. The SMILES string of the molecule is COc1ccc(-n2nc(C)c(CCC(=O)N(C)C(C)C)c2Oc2ccc(C)cc2)cc1. The van der Waals surface area contributed by atoms with E-state index in [4.69, 9.17) is 14.6 Å². The fourth-order valence-corrected chi connectivity index (χ4v) is 3.24. The number of carbonyl (C=O) groups excluding carboxylic acids is 1. The van der Waals surface area contributed by atoms with Crippen molar-refractivity contribution in [1.29, 1.82) is 0 Å². The zero-order valence-electron chi connectivity index (χ0n) is 19.2. The van der Waals surface area contributed by atoms with Gasteiger partial charge in [-0.3, -0.25) is 4.79 Å². The molecule has 1 aromatic heterocycles. The fourth-order valence-electron chi connectivity index (χ4n) is 3.24. The van der Waals surface area contributed by atoms with E-state index in [2.05, 4.69) is 0 Å². The average molecular weight is 422 g/mol. The van der Waals surface area contributed by atoms with E-state index in [9.17, 15) is 4.79 Å². The summed E-state index contributed by atoms with van der Waals surface area (Å²) >= 11 is 0. The summed E-state index contributed by atoms with van der Waals surface area (Å²) in [5.74, 6) is 2.24. The minimum Gasteiger partial charge on any atom is -0.497 e. The molecule has 0 aliphatic carbocycles. The molecule has 0 fully saturated rings. The lowest BCUT2D eigenvalue weighted by atomic mass is 10.1. The topological polar surface area (TPSA) is 56.6 Å². The third-order valence-corrected chi connectivity index (χ3v) is 5.45. The summed E-state index contributed by atoms with van der Waals surface area (Å²) in [5, 5.41) is 4.73. The monoisotopic (exact) mass is 421 g/mol. The van der Waals surface area contributed by atoms with Crippen molar-refractivity contribution in [3.63, 3.8) is 0 Å². The predicted octanol–water partition coefficient (Wildman–Crippen LogP) is 5.09. The summed E-state index contributed by atoms with van der Waals surface area (Å²) in [6.07, 6.45) is 0.952. The Labute approximate surface area is 184 Å². The quantitative estimate of drug-likeness (QED) is 0.508. The van der Waals surface area contributed by atoms with Gasteiger partial charge in [0.05, 0.1) is 18.5 Å². The van der Waals surface area contributed by atoms with Crippen molar-refractivity contribution in [2.24, 2.45) is 0 Å². The molecule has 0 saturated heterocycles. The van der Waals surface area contributed by atoms with Gasteiger partial charge in [0.15, 0.2) is 0 Å². The highest BCUT2D eigenvalue weighted by Crippen LogP contribution is 2.32. The van der Waals surface area contributed by atoms with Gasteiger partial charge in [-0.15, -0.1) is 0 Å². The highest BCUT2D eigenvalue weighted by Gasteiger charge is 2.21. The number of nitrogens with zero attached hydrogens (tertiary/aromatic N) is 3. The first kappa shape index (κ1) is 22.4. The molecule has 0 spiro atoms. The zero-order valence-corrected chi connectivity index (χ0v) is 19.2. The highest BCUT2D eigenvalue weighted by atomic mass is 16.5. The number of hydrogen-bond acceptors (Lipinski definition) is 4. The molecule has 6 nitrogen and oxygen atoms in total. The van der Waals surface area contributed by atoms with Gasteiger partial charge in [-0.25, -0.2) is 4.68 Å². The molecule has 2 aromatic carbocycles. The van der Waals surface area contributed by atoms with Crippen molar-refractivity contribution in [2.75, 3.05) is 14.2 Å². The maximum atomic E-state index is 12.6. The number of aromatic nitrogens is 2. The van der Waals surface area contributed by atoms with Crippen LogP contribution in [0.4, 0.5) is 0 Å². The predicted molar refractivity (Wildman–Crippen MR) is 122 cm³/mol. The zero-order chi connectivity index (χ0) is 22.5. The molecule has 0 aliphatic rings. The Morgan fingerprint density at radius 2 is 1.65 bits per heavy atom. The first-order valence-corrected chi connectivity index (χ1v) is 10.5. The normalized spacial score (nSPS) is 10.9. The van der Waals surface area contributed by atoms with Crippen molar-refractivity contribution in [1.82, 2.24) is 14.7 Å². The maximum absolute atomic E-state index is 12.6. The van der Waals surface area contributed by atoms with E-state index in [-0.39, 0.29) is 11.9 Å². The highest BCUT2D eigenvalue weighted by molar-refractivity contribution is 5.76. The lowest BCUT2D eigenvalue weighted by Crippen LogP contribution is -2.33. The van der Waals surface area contributed by atoms with Crippen molar-refractivity contribution in [3.8, 4) is 23.1 Å². The van der Waals surface area contributed by atoms with Gasteiger partial charge in [-0.1, -0.05) is 17.7 Å². The van der Waals surface area contributed by atoms with Crippen LogP contribution in [0, 0.1) is 13.8 Å². The molecule has 164 valence electrons. The van der Waals surface area contributed by atoms with E-state index in [1.165, 1.54) is 0 Å². The number of hydrogen-bond donors (Lipinski definition) is 0. The molecule has 1 heterocycles. The molecule has 0 saturated carbocycles. The Balaban J connectivity index is 1.97. The largest absolute Gasteiger partial charge is 0.497 e. The molecule has 3 aromatic rings. The summed E-state index contributed by atoms with van der Waals surface area (Å²) in [6, 6.07) is 15.7. The molecular weight excluding hydrogens is 390 g/mol. The van der Waals surface area contributed by atoms with Crippen LogP contribution in [-0.4, -0.2) is 40.8 Å². The number of ether oxygens (including phenoxy) is 2. The fraction of sp³-hybridized carbons (Fsp3) is 0.360. The van der Waals surface area contributed by atoms with E-state index < -0.39 is 0 Å². The van der Waals surface area contributed by atoms with Gasteiger partial charge in [0, 0.05) is 25.1 Å². The van der Waals surface area contributed by atoms with Gasteiger partial charge in [-0.05, 0) is 70.5 Å². The number of rotatable bonds is 8. The maximum Gasteiger partial charge on any atom is 0.226 e. The minimum atomic E-state index is 0.105. The summed E-state index contributed by atoms with van der Waals surface area (Å²) in [4.78, 5) is 14.3. The third kappa shape index (κ3) is 5.26. The van der Waals surface area contributed by atoms with Gasteiger partial charge >= 0.3 is 0 Å². The van der Waals surface area contributed by atoms with E-state index >= 15 is 0 Å². The standard InChI is InChI=1S/C25H31N3O3/c1-17(2)27(5)24(29)16-15-23-19(4)26-28(20-9-13-21(30-6)14-10-20)25(23)31-22-11-7-18(3)8-12-22/h7-14,17H,15-16H2,1-6H3. The molecular formula is C25H31N3O3. The Kier molecular flexibility index (Phi) is 7.00. The molecule has 0 radical (unpaired) electrons. The Morgan fingerprint density at radius 1 is 1.03 bits per heavy atom. The second-order valence-corrected chi connectivity index (χ2v) is 7.99. The molecule has 1 amide bonds. The summed E-state index contributed by atoms with van der Waals surface area (Å²) < 4.78 is 13.4. The average Bonchev–Trinajstić information content (AvgIpc) is 3.07. The van der Waals surface area contributed by atoms with Gasteiger partial charge in [0.25, 0.3) is 0 Å². The second-order valence-electron chi connectivity index (χ2n) is 7.99. The van der Waals surface area contributed by atoms with Crippen LogP contribution in [0.25, 0.3) is 5.69 Å². The molecule has 0 N–H and O–H groups in total. The van der Waals surface area contributed by atoms with Gasteiger partial charge in [-0.2, -0.15) is 5.10 Å². The van der Waals surface area contributed by atoms with Crippen LogP contribution in [0.1, 0.15) is 37.1 Å². The van der Waals surface area contributed by atoms with Crippen molar-refractivity contribution in [2.45, 2.75) is 46.6 Å². The lowest BCUT2D eigenvalue weighted by Gasteiger charge is -2.21. The first-order valence-electron chi connectivity index (χ1n) is 10.5. The molecule has 0 bridgehead atoms. The van der Waals surface area contributed by atoms with E-state index in [1.54, 1.807) is 16.7 Å². The summed E-state index contributed by atoms with van der Waals surface area (Å²) in [5.41, 5.74) is 3.80. The molecule has 0 aliphatic heterocycles. The first-order chi connectivity index (χ1) is 14.8. The molecule has 3 rings (SSSR count). The van der Waals surface area contributed by atoms with Crippen LogP contribution in [0.2, 0.25) is 0 Å². The Hall–Kier alpha value is -3.28. The molecule has 31 heavy (non-hydrogen) atoms. The second kappa shape index (κ2) is 9.69. The summed E-state index contributed by atoms with van der Waals surface area (Å²) in [7, 11) is 3.48. The smallest absolute Gasteiger partial charge is 0.226 e. The third-order valence-electron chi connectivity index (χ3n) is 5.45. The van der Waals surface area contributed by atoms with Crippen LogP contribution >= 0.6 is 0 Å². The Morgan fingerprint density at radius 3 is 2.23 bits per heavy atom. The number of benzene rings is 2.